The van der Waals surface area contributed by atoms with Gasteiger partial charge in [0.2, 0.25) is 0 Å². The molecule has 2 N–H and O–H groups in total. The Morgan fingerprint density at radius 1 is 1.12 bits per heavy atom. The first-order chi connectivity index (χ1) is 12.6. The third-order valence-corrected chi connectivity index (χ3v) is 5.25. The number of hydrogen-bond donors (Lipinski definition) is 2. The maximum absolute atomic E-state index is 12.1. The average Bonchev–Trinajstić information content (AvgIpc) is 3.10. The monoisotopic (exact) mass is 351 g/mol. The Morgan fingerprint density at radius 2 is 1.92 bits per heavy atom. The molecule has 1 aliphatic rings. The molecular formula is C22H29N3O. The van der Waals surface area contributed by atoms with Crippen LogP contribution >= 0.6 is 0 Å². The molecule has 2 aromatic rings. The van der Waals surface area contributed by atoms with E-state index in [9.17, 15) is 4.79 Å². The molecule has 138 valence electrons. The maximum Gasteiger partial charge on any atom is 0.319 e. The number of aryl methyl sites for hydroxylation is 2. The summed E-state index contributed by atoms with van der Waals surface area (Å²) >= 11 is 0. The second-order valence-electron chi connectivity index (χ2n) is 7.32. The van der Waals surface area contributed by atoms with Crippen molar-refractivity contribution in [2.45, 2.75) is 26.7 Å². The largest absolute Gasteiger partial charge is 0.338 e. The molecule has 0 spiro atoms. The topological polar surface area (TPSA) is 44.4 Å². The van der Waals surface area contributed by atoms with Crippen molar-refractivity contribution in [3.05, 3.63) is 65.2 Å². The second-order valence-corrected chi connectivity index (χ2v) is 7.32. The van der Waals surface area contributed by atoms with Crippen LogP contribution in [0.3, 0.4) is 0 Å². The molecule has 1 saturated heterocycles. The third-order valence-electron chi connectivity index (χ3n) is 5.25. The highest BCUT2D eigenvalue weighted by atomic mass is 16.2. The molecule has 2 amide bonds. The van der Waals surface area contributed by atoms with Crippen LogP contribution in [0.5, 0.6) is 0 Å². The summed E-state index contributed by atoms with van der Waals surface area (Å²) < 4.78 is 0. The van der Waals surface area contributed by atoms with Gasteiger partial charge >= 0.3 is 6.03 Å². The molecule has 1 aliphatic heterocycles. The van der Waals surface area contributed by atoms with Gasteiger partial charge in [0.15, 0.2) is 0 Å². The predicted octanol–water partition coefficient (Wildman–Crippen LogP) is 3.99. The van der Waals surface area contributed by atoms with E-state index in [1.807, 2.05) is 18.2 Å². The standard InChI is InChI=1S/C22H29N3O/c1-17-8-9-21(14-18(17)2)24-22(26)23-15-20-11-13-25(16-20)12-10-19-6-4-3-5-7-19/h3-9,14,20H,10-13,15-16H2,1-2H3,(H2,23,24,26). The number of nitrogens with zero attached hydrogens (tertiary/aromatic N) is 1. The minimum atomic E-state index is -0.115. The molecule has 1 atom stereocenters. The number of carbonyl (C=O) groups is 1. The van der Waals surface area contributed by atoms with Crippen LogP contribution < -0.4 is 10.6 Å². The number of carbonyl (C=O) groups excluding carboxylic acids is 1. The Bertz CT molecular complexity index is 729. The maximum atomic E-state index is 12.1. The Labute approximate surface area is 156 Å². The van der Waals surface area contributed by atoms with Gasteiger partial charge in [-0.3, -0.25) is 0 Å². The fourth-order valence-electron chi connectivity index (χ4n) is 3.45. The molecule has 3 rings (SSSR count). The Hall–Kier alpha value is -2.33. The van der Waals surface area contributed by atoms with Gasteiger partial charge in [0.1, 0.15) is 0 Å². The van der Waals surface area contributed by atoms with Crippen molar-refractivity contribution in [2.75, 3.05) is 31.5 Å². The average molecular weight is 351 g/mol. The lowest BCUT2D eigenvalue weighted by atomic mass is 10.1. The summed E-state index contributed by atoms with van der Waals surface area (Å²) in [6.07, 6.45) is 2.24. The lowest BCUT2D eigenvalue weighted by Gasteiger charge is -2.16. The lowest BCUT2D eigenvalue weighted by molar-refractivity contribution is 0.249. The first-order valence-electron chi connectivity index (χ1n) is 9.48. The summed E-state index contributed by atoms with van der Waals surface area (Å²) in [5.41, 5.74) is 4.66. The first-order valence-corrected chi connectivity index (χ1v) is 9.48. The number of anilines is 1. The van der Waals surface area contributed by atoms with E-state index in [-0.39, 0.29) is 6.03 Å². The highest BCUT2D eigenvalue weighted by Crippen LogP contribution is 2.17. The molecule has 4 nitrogen and oxygen atoms in total. The van der Waals surface area contributed by atoms with E-state index in [4.69, 9.17) is 0 Å². The van der Waals surface area contributed by atoms with Gasteiger partial charge in [-0.05, 0) is 68.0 Å². The van der Waals surface area contributed by atoms with Crippen LogP contribution in [-0.4, -0.2) is 37.1 Å². The fourth-order valence-corrected chi connectivity index (χ4v) is 3.45. The number of benzene rings is 2. The summed E-state index contributed by atoms with van der Waals surface area (Å²) in [5.74, 6) is 0.538. The number of hydrogen-bond acceptors (Lipinski definition) is 2. The van der Waals surface area contributed by atoms with Crippen LogP contribution in [0.25, 0.3) is 0 Å². The van der Waals surface area contributed by atoms with Crippen molar-refractivity contribution in [1.82, 2.24) is 10.2 Å². The van der Waals surface area contributed by atoms with Gasteiger partial charge < -0.3 is 15.5 Å². The van der Waals surface area contributed by atoms with Crippen LogP contribution in [-0.2, 0) is 6.42 Å². The van der Waals surface area contributed by atoms with Gasteiger partial charge in [-0.2, -0.15) is 0 Å². The van der Waals surface area contributed by atoms with Crippen molar-refractivity contribution in [1.29, 1.82) is 0 Å². The summed E-state index contributed by atoms with van der Waals surface area (Å²) in [5, 5.41) is 5.95. The molecule has 1 heterocycles. The number of urea groups is 1. The van der Waals surface area contributed by atoms with Gasteiger partial charge in [-0.1, -0.05) is 36.4 Å². The number of amides is 2. The van der Waals surface area contributed by atoms with Crippen molar-refractivity contribution >= 4 is 11.7 Å². The van der Waals surface area contributed by atoms with Gasteiger partial charge in [-0.25, -0.2) is 4.79 Å². The van der Waals surface area contributed by atoms with E-state index in [0.717, 1.165) is 44.7 Å². The number of nitrogens with one attached hydrogen (secondary N) is 2. The highest BCUT2D eigenvalue weighted by Gasteiger charge is 2.22. The zero-order valence-electron chi connectivity index (χ0n) is 15.8. The Balaban J connectivity index is 1.37. The molecule has 0 saturated carbocycles. The van der Waals surface area contributed by atoms with E-state index in [1.54, 1.807) is 0 Å². The van der Waals surface area contributed by atoms with E-state index in [0.29, 0.717) is 5.92 Å². The molecular weight excluding hydrogens is 322 g/mol. The van der Waals surface area contributed by atoms with E-state index in [1.165, 1.54) is 16.7 Å². The molecule has 1 unspecified atom stereocenters. The van der Waals surface area contributed by atoms with Crippen molar-refractivity contribution in [2.24, 2.45) is 5.92 Å². The molecule has 1 fully saturated rings. The molecule has 0 radical (unpaired) electrons. The summed E-state index contributed by atoms with van der Waals surface area (Å²) in [7, 11) is 0. The minimum absolute atomic E-state index is 0.115. The zero-order valence-corrected chi connectivity index (χ0v) is 15.8. The minimum Gasteiger partial charge on any atom is -0.338 e. The zero-order chi connectivity index (χ0) is 18.4. The predicted molar refractivity (Wildman–Crippen MR) is 108 cm³/mol. The Kier molecular flexibility index (Phi) is 6.29. The van der Waals surface area contributed by atoms with E-state index >= 15 is 0 Å². The van der Waals surface area contributed by atoms with Crippen LogP contribution in [0.15, 0.2) is 48.5 Å². The summed E-state index contributed by atoms with van der Waals surface area (Å²) in [6.45, 7) is 8.15. The summed E-state index contributed by atoms with van der Waals surface area (Å²) in [4.78, 5) is 14.6. The smallest absolute Gasteiger partial charge is 0.319 e. The fraction of sp³-hybridized carbons (Fsp3) is 0.409. The van der Waals surface area contributed by atoms with Gasteiger partial charge in [-0.15, -0.1) is 0 Å². The van der Waals surface area contributed by atoms with Crippen molar-refractivity contribution in [3.8, 4) is 0 Å². The molecule has 0 aromatic heterocycles. The van der Waals surface area contributed by atoms with Crippen molar-refractivity contribution < 1.29 is 4.79 Å². The third kappa shape index (κ3) is 5.33. The summed E-state index contributed by atoms with van der Waals surface area (Å²) in [6, 6.07) is 16.5. The van der Waals surface area contributed by atoms with Gasteiger partial charge in [0, 0.05) is 25.3 Å². The highest BCUT2D eigenvalue weighted by molar-refractivity contribution is 5.89. The van der Waals surface area contributed by atoms with E-state index < -0.39 is 0 Å². The lowest BCUT2D eigenvalue weighted by Crippen LogP contribution is -2.34. The first kappa shape index (κ1) is 18.5. The van der Waals surface area contributed by atoms with Gasteiger partial charge in [0.05, 0.1) is 0 Å². The number of likely N-dealkylation sites (tertiary alicyclic amines) is 1. The van der Waals surface area contributed by atoms with Crippen molar-refractivity contribution in [3.63, 3.8) is 0 Å². The SMILES string of the molecule is Cc1ccc(NC(=O)NCC2CCN(CCc3ccccc3)C2)cc1C. The Morgan fingerprint density at radius 3 is 2.69 bits per heavy atom. The normalized spacial score (nSPS) is 17.2. The van der Waals surface area contributed by atoms with Gasteiger partial charge in [0.25, 0.3) is 0 Å². The number of rotatable bonds is 6. The molecule has 4 heteroatoms. The van der Waals surface area contributed by atoms with E-state index in [2.05, 4.69) is 59.7 Å². The van der Waals surface area contributed by atoms with Crippen LogP contribution in [0, 0.1) is 19.8 Å². The molecule has 0 bridgehead atoms. The molecule has 0 aliphatic carbocycles. The van der Waals surface area contributed by atoms with Crippen LogP contribution in [0.1, 0.15) is 23.1 Å². The van der Waals surface area contributed by atoms with Crippen LogP contribution in [0.2, 0.25) is 0 Å². The second kappa shape index (κ2) is 8.86. The molecule has 26 heavy (non-hydrogen) atoms. The quantitative estimate of drug-likeness (QED) is 0.826. The molecule has 2 aromatic carbocycles. The van der Waals surface area contributed by atoms with Crippen LogP contribution in [0.4, 0.5) is 10.5 Å².